The van der Waals surface area contributed by atoms with Crippen LogP contribution in [0, 0.1) is 24.7 Å². The minimum absolute atomic E-state index is 0.135. The van der Waals surface area contributed by atoms with E-state index in [-0.39, 0.29) is 12.8 Å². The first-order valence-electron chi connectivity index (χ1n) is 7.60. The van der Waals surface area contributed by atoms with Gasteiger partial charge in [-0.25, -0.2) is 0 Å². The quantitative estimate of drug-likeness (QED) is 0.514. The zero-order valence-corrected chi connectivity index (χ0v) is 13.2. The van der Waals surface area contributed by atoms with Crippen LogP contribution in [0.3, 0.4) is 0 Å². The van der Waals surface area contributed by atoms with Gasteiger partial charge in [0.25, 0.3) is 0 Å². The molecule has 0 spiro atoms. The van der Waals surface area contributed by atoms with Crippen LogP contribution >= 0.6 is 0 Å². The summed E-state index contributed by atoms with van der Waals surface area (Å²) in [6.45, 7) is 0. The summed E-state index contributed by atoms with van der Waals surface area (Å²) in [5.41, 5.74) is 16.8. The van der Waals surface area contributed by atoms with Gasteiger partial charge < -0.3 is 16.6 Å². The molecule has 0 heterocycles. The van der Waals surface area contributed by atoms with Gasteiger partial charge in [0.05, 0.1) is 0 Å². The Morgan fingerprint density at radius 2 is 1.33 bits per heavy atom. The van der Waals surface area contributed by atoms with Crippen molar-refractivity contribution in [3.8, 4) is 35.8 Å². The van der Waals surface area contributed by atoms with Crippen LogP contribution in [-0.2, 0) is 0 Å². The third-order valence-corrected chi connectivity index (χ3v) is 4.19. The SMILES string of the molecule is C#CCC(O)(C=C1c2cc(N)ccc2-c2ccc(N)cc21)CC#C. The van der Waals surface area contributed by atoms with E-state index in [2.05, 4.69) is 11.8 Å². The van der Waals surface area contributed by atoms with Crippen LogP contribution in [0.25, 0.3) is 16.7 Å². The van der Waals surface area contributed by atoms with E-state index in [4.69, 9.17) is 24.3 Å². The summed E-state index contributed by atoms with van der Waals surface area (Å²) in [6.07, 6.45) is 12.8. The second-order valence-corrected chi connectivity index (χ2v) is 6.03. The smallest absolute Gasteiger partial charge is 0.105 e. The summed E-state index contributed by atoms with van der Waals surface area (Å²) < 4.78 is 0. The number of terminal acetylenes is 2. The number of nitrogen functional groups attached to an aromatic ring is 2. The molecule has 0 aliphatic heterocycles. The minimum Gasteiger partial charge on any atom is -0.399 e. The van der Waals surface area contributed by atoms with E-state index in [9.17, 15) is 5.11 Å². The minimum atomic E-state index is -1.27. The molecule has 2 aromatic carbocycles. The molecular weight excluding hydrogens is 296 g/mol. The Morgan fingerprint density at radius 1 is 0.875 bits per heavy atom. The van der Waals surface area contributed by atoms with Crippen molar-refractivity contribution in [3.63, 3.8) is 0 Å². The third-order valence-electron chi connectivity index (χ3n) is 4.19. The molecule has 3 nitrogen and oxygen atoms in total. The van der Waals surface area contributed by atoms with Crippen LogP contribution in [0.4, 0.5) is 11.4 Å². The van der Waals surface area contributed by atoms with E-state index in [0.717, 1.165) is 27.8 Å². The average molecular weight is 314 g/mol. The molecule has 24 heavy (non-hydrogen) atoms. The summed E-state index contributed by atoms with van der Waals surface area (Å²) in [6, 6.07) is 11.4. The molecule has 0 saturated heterocycles. The van der Waals surface area contributed by atoms with E-state index >= 15 is 0 Å². The summed E-state index contributed by atoms with van der Waals surface area (Å²) in [4.78, 5) is 0. The number of hydrogen-bond acceptors (Lipinski definition) is 3. The maximum absolute atomic E-state index is 10.8. The lowest BCUT2D eigenvalue weighted by molar-refractivity contribution is 0.103. The third kappa shape index (κ3) is 2.63. The number of benzene rings is 2. The number of anilines is 2. The molecule has 3 rings (SSSR count). The molecular formula is C21H18N2O. The average Bonchev–Trinajstić information content (AvgIpc) is 2.80. The summed E-state index contributed by atoms with van der Waals surface area (Å²) in [7, 11) is 0. The first-order chi connectivity index (χ1) is 11.5. The van der Waals surface area contributed by atoms with Crippen LogP contribution in [0.1, 0.15) is 24.0 Å². The van der Waals surface area contributed by atoms with Crippen LogP contribution in [0.15, 0.2) is 42.5 Å². The van der Waals surface area contributed by atoms with E-state index in [1.54, 1.807) is 6.08 Å². The predicted octanol–water partition coefficient (Wildman–Crippen LogP) is 3.04. The fourth-order valence-corrected chi connectivity index (χ4v) is 3.13. The van der Waals surface area contributed by atoms with Crippen molar-refractivity contribution in [3.05, 3.63) is 53.6 Å². The van der Waals surface area contributed by atoms with Crippen LogP contribution in [0.5, 0.6) is 0 Å². The monoisotopic (exact) mass is 314 g/mol. The van der Waals surface area contributed by atoms with E-state index in [0.29, 0.717) is 11.4 Å². The highest BCUT2D eigenvalue weighted by Gasteiger charge is 2.29. The molecule has 0 unspecified atom stereocenters. The first kappa shape index (κ1) is 15.7. The second-order valence-electron chi connectivity index (χ2n) is 6.03. The molecule has 118 valence electrons. The largest absolute Gasteiger partial charge is 0.399 e. The molecule has 0 fully saturated rings. The fraction of sp³-hybridized carbons (Fsp3) is 0.143. The van der Waals surface area contributed by atoms with Gasteiger partial charge in [-0.3, -0.25) is 0 Å². The molecule has 0 atom stereocenters. The Bertz CT molecular complexity index is 856. The lowest BCUT2D eigenvalue weighted by Gasteiger charge is -2.21. The molecule has 0 radical (unpaired) electrons. The van der Waals surface area contributed by atoms with Gasteiger partial charge in [0, 0.05) is 24.2 Å². The van der Waals surface area contributed by atoms with Crippen LogP contribution < -0.4 is 11.5 Å². The van der Waals surface area contributed by atoms with Crippen molar-refractivity contribution >= 4 is 16.9 Å². The molecule has 1 aliphatic rings. The van der Waals surface area contributed by atoms with Crippen molar-refractivity contribution in [1.29, 1.82) is 0 Å². The summed E-state index contributed by atoms with van der Waals surface area (Å²) in [5.74, 6) is 5.00. The van der Waals surface area contributed by atoms with Gasteiger partial charge in [-0.2, -0.15) is 0 Å². The van der Waals surface area contributed by atoms with Gasteiger partial charge in [-0.1, -0.05) is 12.1 Å². The van der Waals surface area contributed by atoms with Crippen molar-refractivity contribution in [1.82, 2.24) is 0 Å². The topological polar surface area (TPSA) is 72.3 Å². The maximum atomic E-state index is 10.8. The Labute approximate surface area is 142 Å². The molecule has 0 aromatic heterocycles. The van der Waals surface area contributed by atoms with Crippen LogP contribution in [0.2, 0.25) is 0 Å². The van der Waals surface area contributed by atoms with Crippen molar-refractivity contribution < 1.29 is 5.11 Å². The van der Waals surface area contributed by atoms with Crippen molar-refractivity contribution in [2.24, 2.45) is 0 Å². The van der Waals surface area contributed by atoms with Gasteiger partial charge in [0.2, 0.25) is 0 Å². The Balaban J connectivity index is 2.26. The van der Waals surface area contributed by atoms with E-state index < -0.39 is 5.60 Å². The standard InChI is InChI=1S/C21H18N2O/c1-3-9-21(24,10-4-2)13-20-18-11-14(22)5-7-16(18)17-8-6-15(23)12-19(17)20/h1-2,5-8,11-13,24H,9-10,22-23H2. The lowest BCUT2D eigenvalue weighted by Crippen LogP contribution is -2.25. The summed E-state index contributed by atoms with van der Waals surface area (Å²) in [5, 5.41) is 10.8. The molecule has 0 saturated carbocycles. The van der Waals surface area contributed by atoms with Crippen LogP contribution in [-0.4, -0.2) is 10.7 Å². The number of nitrogens with two attached hydrogens (primary N) is 2. The number of rotatable bonds is 3. The number of aliphatic hydroxyl groups is 1. The fourth-order valence-electron chi connectivity index (χ4n) is 3.13. The van der Waals surface area contributed by atoms with Gasteiger partial charge in [0.15, 0.2) is 0 Å². The highest BCUT2D eigenvalue weighted by atomic mass is 16.3. The Morgan fingerprint density at radius 3 is 1.75 bits per heavy atom. The normalized spacial score (nSPS) is 12.0. The molecule has 1 aliphatic carbocycles. The first-order valence-corrected chi connectivity index (χ1v) is 7.60. The molecule has 2 aromatic rings. The second kappa shape index (κ2) is 5.81. The summed E-state index contributed by atoms with van der Waals surface area (Å²) >= 11 is 0. The zero-order valence-electron chi connectivity index (χ0n) is 13.2. The Kier molecular flexibility index (Phi) is 3.81. The van der Waals surface area contributed by atoms with Gasteiger partial charge in [-0.05, 0) is 58.2 Å². The van der Waals surface area contributed by atoms with E-state index in [1.165, 1.54) is 0 Å². The van der Waals surface area contributed by atoms with Gasteiger partial charge in [-0.15, -0.1) is 24.7 Å². The highest BCUT2D eigenvalue weighted by molar-refractivity contribution is 6.02. The maximum Gasteiger partial charge on any atom is 0.105 e. The highest BCUT2D eigenvalue weighted by Crippen LogP contribution is 2.46. The van der Waals surface area contributed by atoms with Crippen molar-refractivity contribution in [2.45, 2.75) is 18.4 Å². The van der Waals surface area contributed by atoms with Crippen molar-refractivity contribution in [2.75, 3.05) is 11.5 Å². The Hall–Kier alpha value is -3.14. The predicted molar refractivity (Wildman–Crippen MR) is 99.6 cm³/mol. The molecule has 0 bridgehead atoms. The lowest BCUT2D eigenvalue weighted by atomic mass is 9.90. The number of hydrogen-bond donors (Lipinski definition) is 3. The molecule has 0 amide bonds. The zero-order chi connectivity index (χ0) is 17.3. The number of fused-ring (bicyclic) bond motifs is 3. The van der Waals surface area contributed by atoms with Gasteiger partial charge >= 0.3 is 0 Å². The van der Waals surface area contributed by atoms with E-state index in [1.807, 2.05) is 36.4 Å². The molecule has 3 heteroatoms. The molecule has 5 N–H and O–H groups in total. The van der Waals surface area contributed by atoms with Gasteiger partial charge in [0.1, 0.15) is 5.60 Å².